The SMILES string of the molecule is CCOC(=O)[C@@]1(C)[C@H]2CC[C@H](C(=O)C2)[C@@H]1NCc1cc(C(F)(F)F)cc(C(F)(F)F)c1. The summed E-state index contributed by atoms with van der Waals surface area (Å²) in [6, 6.07) is 0.619. The molecular formula is C21H23F6NO3. The lowest BCUT2D eigenvalue weighted by atomic mass is 9.53. The topological polar surface area (TPSA) is 55.4 Å². The van der Waals surface area contributed by atoms with Gasteiger partial charge in [0.05, 0.1) is 23.1 Å². The minimum absolute atomic E-state index is 0.0597. The van der Waals surface area contributed by atoms with Crippen LogP contribution < -0.4 is 5.32 Å². The normalized spacial score (nSPS) is 28.6. The van der Waals surface area contributed by atoms with E-state index in [2.05, 4.69) is 5.32 Å². The molecule has 0 amide bonds. The van der Waals surface area contributed by atoms with E-state index in [9.17, 15) is 35.9 Å². The van der Waals surface area contributed by atoms with E-state index in [1.54, 1.807) is 13.8 Å². The number of ketones is 1. The minimum atomic E-state index is -4.95. The molecule has 172 valence electrons. The van der Waals surface area contributed by atoms with Crippen LogP contribution in [0.2, 0.25) is 0 Å². The summed E-state index contributed by atoms with van der Waals surface area (Å²) in [5.41, 5.74) is -4.15. The number of carbonyl (C=O) groups excluding carboxylic acids is 2. The molecule has 0 radical (unpaired) electrons. The van der Waals surface area contributed by atoms with Crippen molar-refractivity contribution < 1.29 is 40.7 Å². The van der Waals surface area contributed by atoms with Crippen LogP contribution in [0.25, 0.3) is 0 Å². The van der Waals surface area contributed by atoms with Crippen LogP contribution in [-0.2, 0) is 33.2 Å². The fourth-order valence-corrected chi connectivity index (χ4v) is 4.86. The molecule has 0 aliphatic heterocycles. The second-order valence-corrected chi connectivity index (χ2v) is 8.33. The summed E-state index contributed by atoms with van der Waals surface area (Å²) in [6.45, 7) is 3.05. The van der Waals surface area contributed by atoms with Crippen molar-refractivity contribution >= 4 is 11.8 Å². The molecule has 3 fully saturated rings. The highest BCUT2D eigenvalue weighted by molar-refractivity contribution is 5.89. The van der Waals surface area contributed by atoms with E-state index in [1.165, 1.54) is 0 Å². The molecule has 0 unspecified atom stereocenters. The number of Topliss-reactive ketones (excluding diaryl/α,β-unsaturated/α-hetero) is 1. The summed E-state index contributed by atoms with van der Waals surface area (Å²) in [5.74, 6) is -1.42. The lowest BCUT2D eigenvalue weighted by Gasteiger charge is -2.53. The van der Waals surface area contributed by atoms with E-state index in [0.29, 0.717) is 25.0 Å². The molecular weight excluding hydrogens is 428 g/mol. The number of rotatable bonds is 5. The van der Waals surface area contributed by atoms with Crippen molar-refractivity contribution in [3.8, 4) is 0 Å². The largest absolute Gasteiger partial charge is 0.466 e. The van der Waals surface area contributed by atoms with Crippen LogP contribution in [0, 0.1) is 17.3 Å². The number of ether oxygens (including phenoxy) is 1. The molecule has 0 heterocycles. The number of alkyl halides is 6. The second kappa shape index (κ2) is 8.11. The summed E-state index contributed by atoms with van der Waals surface area (Å²) in [5, 5.41) is 2.93. The van der Waals surface area contributed by atoms with Crippen LogP contribution in [-0.4, -0.2) is 24.4 Å². The van der Waals surface area contributed by atoms with E-state index in [0.717, 1.165) is 0 Å². The van der Waals surface area contributed by atoms with Gasteiger partial charge in [0.1, 0.15) is 5.78 Å². The van der Waals surface area contributed by atoms with Gasteiger partial charge in [-0.3, -0.25) is 9.59 Å². The van der Waals surface area contributed by atoms with E-state index in [-0.39, 0.29) is 42.9 Å². The average Bonchev–Trinajstić information content (AvgIpc) is 2.66. The predicted octanol–water partition coefficient (Wildman–Crippen LogP) is 4.75. The monoisotopic (exact) mass is 451 g/mol. The highest BCUT2D eigenvalue weighted by Crippen LogP contribution is 2.52. The molecule has 4 nitrogen and oxygen atoms in total. The van der Waals surface area contributed by atoms with E-state index < -0.39 is 46.8 Å². The van der Waals surface area contributed by atoms with Gasteiger partial charge in [-0.1, -0.05) is 0 Å². The van der Waals surface area contributed by atoms with Crippen molar-refractivity contribution in [1.82, 2.24) is 5.32 Å². The second-order valence-electron chi connectivity index (χ2n) is 8.33. The van der Waals surface area contributed by atoms with Crippen molar-refractivity contribution in [3.05, 3.63) is 34.9 Å². The number of nitrogens with one attached hydrogen (secondary N) is 1. The number of esters is 1. The molecule has 3 aliphatic carbocycles. The fourth-order valence-electron chi connectivity index (χ4n) is 4.86. The van der Waals surface area contributed by atoms with Gasteiger partial charge in [-0.25, -0.2) is 0 Å². The first-order valence-electron chi connectivity index (χ1n) is 10.00. The van der Waals surface area contributed by atoms with Gasteiger partial charge >= 0.3 is 18.3 Å². The van der Waals surface area contributed by atoms with Crippen LogP contribution in [0.4, 0.5) is 26.3 Å². The third-order valence-corrected chi connectivity index (χ3v) is 6.47. The van der Waals surface area contributed by atoms with Crippen LogP contribution in [0.3, 0.4) is 0 Å². The Balaban J connectivity index is 1.92. The van der Waals surface area contributed by atoms with Crippen molar-refractivity contribution in [2.75, 3.05) is 6.61 Å². The van der Waals surface area contributed by atoms with Gasteiger partial charge in [0.2, 0.25) is 0 Å². The van der Waals surface area contributed by atoms with Gasteiger partial charge in [0.25, 0.3) is 0 Å². The number of hydrogen-bond acceptors (Lipinski definition) is 4. The van der Waals surface area contributed by atoms with Crippen LogP contribution in [0.15, 0.2) is 18.2 Å². The van der Waals surface area contributed by atoms with Crippen LogP contribution in [0.1, 0.15) is 49.8 Å². The molecule has 1 N–H and O–H groups in total. The van der Waals surface area contributed by atoms with Gasteiger partial charge in [-0.2, -0.15) is 26.3 Å². The summed E-state index contributed by atoms with van der Waals surface area (Å²) in [4.78, 5) is 25.2. The van der Waals surface area contributed by atoms with E-state index in [1.807, 2.05) is 0 Å². The molecule has 1 aromatic carbocycles. The Morgan fingerprint density at radius 1 is 1.10 bits per heavy atom. The molecule has 4 rings (SSSR count). The third-order valence-electron chi connectivity index (χ3n) is 6.47. The molecule has 3 saturated carbocycles. The van der Waals surface area contributed by atoms with Gasteiger partial charge < -0.3 is 10.1 Å². The standard InChI is InChI=1S/C21H23F6NO3/c1-3-31-18(30)19(2)12-4-5-15(16(29)9-12)17(19)28-10-11-6-13(20(22,23)24)8-14(7-11)21(25,26)27/h6-8,12,15,17,28H,3-5,9-10H2,1-2H3/t12-,15+,17-,19-/m0/s1. The summed E-state index contributed by atoms with van der Waals surface area (Å²) >= 11 is 0. The van der Waals surface area contributed by atoms with Gasteiger partial charge in [0, 0.05) is 24.9 Å². The Hall–Kier alpha value is -2.10. The maximum absolute atomic E-state index is 13.1. The number of benzene rings is 1. The third kappa shape index (κ3) is 4.44. The Labute approximate surface area is 175 Å². The first-order chi connectivity index (χ1) is 14.3. The average molecular weight is 451 g/mol. The smallest absolute Gasteiger partial charge is 0.416 e. The Morgan fingerprint density at radius 2 is 1.68 bits per heavy atom. The van der Waals surface area contributed by atoms with Gasteiger partial charge in [-0.15, -0.1) is 0 Å². The molecule has 0 aromatic heterocycles. The van der Waals surface area contributed by atoms with Gasteiger partial charge in [-0.05, 0) is 56.4 Å². The number of hydrogen-bond donors (Lipinski definition) is 1. The van der Waals surface area contributed by atoms with Gasteiger partial charge in [0.15, 0.2) is 0 Å². The van der Waals surface area contributed by atoms with Crippen LogP contribution >= 0.6 is 0 Å². The zero-order chi connectivity index (χ0) is 23.2. The van der Waals surface area contributed by atoms with E-state index in [4.69, 9.17) is 4.74 Å². The lowest BCUT2D eigenvalue weighted by Crippen LogP contribution is -2.64. The zero-order valence-corrected chi connectivity index (χ0v) is 17.0. The minimum Gasteiger partial charge on any atom is -0.466 e. The van der Waals surface area contributed by atoms with E-state index >= 15 is 0 Å². The first-order valence-corrected chi connectivity index (χ1v) is 10.00. The summed E-state index contributed by atoms with van der Waals surface area (Å²) < 4.78 is 83.9. The molecule has 2 bridgehead atoms. The zero-order valence-electron chi connectivity index (χ0n) is 17.0. The first kappa shape index (κ1) is 23.6. The molecule has 31 heavy (non-hydrogen) atoms. The van der Waals surface area contributed by atoms with Crippen molar-refractivity contribution in [3.63, 3.8) is 0 Å². The van der Waals surface area contributed by atoms with Crippen molar-refractivity contribution in [2.45, 2.75) is 58.0 Å². The molecule has 4 atom stereocenters. The van der Waals surface area contributed by atoms with Crippen molar-refractivity contribution in [2.24, 2.45) is 17.3 Å². The Bertz CT molecular complexity index is 833. The number of fused-ring (bicyclic) bond motifs is 3. The van der Waals surface area contributed by atoms with Crippen LogP contribution in [0.5, 0.6) is 0 Å². The maximum atomic E-state index is 13.1. The predicted molar refractivity (Wildman–Crippen MR) is 97.7 cm³/mol. The fraction of sp³-hybridized carbons (Fsp3) is 0.619. The highest BCUT2D eigenvalue weighted by atomic mass is 19.4. The number of carbonyl (C=O) groups is 2. The Morgan fingerprint density at radius 3 is 2.16 bits per heavy atom. The highest BCUT2D eigenvalue weighted by Gasteiger charge is 2.59. The Kier molecular flexibility index (Phi) is 6.16. The molecule has 10 heteroatoms. The lowest BCUT2D eigenvalue weighted by molar-refractivity contribution is -0.171. The maximum Gasteiger partial charge on any atom is 0.416 e. The molecule has 3 aliphatic rings. The molecule has 1 aromatic rings. The summed E-state index contributed by atoms with van der Waals surface area (Å²) in [7, 11) is 0. The van der Waals surface area contributed by atoms with Crippen molar-refractivity contribution in [1.29, 1.82) is 0 Å². The molecule has 0 spiro atoms. The quantitative estimate of drug-likeness (QED) is 0.519. The summed E-state index contributed by atoms with van der Waals surface area (Å²) in [6.07, 6.45) is -8.55. The molecule has 0 saturated heterocycles. The number of halogens is 6.